The first-order valence-electron chi connectivity index (χ1n) is 10.2. The van der Waals surface area contributed by atoms with Crippen LogP contribution in [0.1, 0.15) is 38.3 Å². The number of urea groups is 1. The van der Waals surface area contributed by atoms with Gasteiger partial charge in [0.05, 0.1) is 5.52 Å². The molecule has 0 aliphatic carbocycles. The normalized spacial score (nSPS) is 9.61. The number of rotatable bonds is 3. The number of fused-ring (bicyclic) bond motifs is 1. The van der Waals surface area contributed by atoms with Crippen LogP contribution in [0.15, 0.2) is 53.3 Å². The number of hydrogen-bond donors (Lipinski definition) is 3. The molecule has 0 atom stereocenters. The molecule has 166 valence electrons. The van der Waals surface area contributed by atoms with Crippen molar-refractivity contribution in [2.24, 2.45) is 7.05 Å². The number of carbonyl (C=O) groups excluding carboxylic acids is 1. The Morgan fingerprint density at radius 3 is 2.10 bits per heavy atom. The molecule has 0 aliphatic heterocycles. The van der Waals surface area contributed by atoms with Gasteiger partial charge in [0, 0.05) is 24.5 Å². The van der Waals surface area contributed by atoms with E-state index in [9.17, 15) is 14.4 Å². The van der Waals surface area contributed by atoms with Gasteiger partial charge in [-0.05, 0) is 37.1 Å². The van der Waals surface area contributed by atoms with Crippen molar-refractivity contribution in [3.63, 3.8) is 0 Å². The average molecular weight is 426 g/mol. The molecule has 0 fully saturated rings. The van der Waals surface area contributed by atoms with E-state index in [0.717, 1.165) is 22.0 Å². The smallest absolute Gasteiger partial charge is 0.323 e. The van der Waals surface area contributed by atoms with Crippen LogP contribution in [0, 0.1) is 13.8 Å². The molecule has 7 heteroatoms. The second-order valence-corrected chi connectivity index (χ2v) is 6.52. The molecule has 1 aromatic heterocycles. The zero-order valence-corrected chi connectivity index (χ0v) is 18.9. The number of para-hydroxylation sites is 2. The van der Waals surface area contributed by atoms with Gasteiger partial charge in [0.15, 0.2) is 0 Å². The zero-order valence-electron chi connectivity index (χ0n) is 18.9. The van der Waals surface area contributed by atoms with E-state index in [1.165, 1.54) is 0 Å². The number of nitrogens with zero attached hydrogens (tertiary/aromatic N) is 1. The summed E-state index contributed by atoms with van der Waals surface area (Å²) < 4.78 is 1.55. The highest BCUT2D eigenvalue weighted by molar-refractivity contribution is 6.02. The Labute approximate surface area is 182 Å². The van der Waals surface area contributed by atoms with E-state index < -0.39 is 12.0 Å². The maximum atomic E-state index is 12.6. The lowest BCUT2D eigenvalue weighted by Crippen LogP contribution is -2.28. The van der Waals surface area contributed by atoms with Crippen molar-refractivity contribution in [2.75, 3.05) is 10.6 Å². The van der Waals surface area contributed by atoms with Crippen LogP contribution < -0.4 is 16.2 Å². The number of aliphatic carboxylic acids is 1. The van der Waals surface area contributed by atoms with Crippen molar-refractivity contribution in [1.29, 1.82) is 0 Å². The minimum absolute atomic E-state index is 0.222. The summed E-state index contributed by atoms with van der Waals surface area (Å²) in [7, 11) is 1.70. The van der Waals surface area contributed by atoms with Crippen LogP contribution in [0.4, 0.5) is 16.2 Å². The Hall–Kier alpha value is -3.61. The van der Waals surface area contributed by atoms with Crippen molar-refractivity contribution < 1.29 is 14.7 Å². The van der Waals surface area contributed by atoms with Crippen LogP contribution in [-0.4, -0.2) is 21.7 Å². The fourth-order valence-electron chi connectivity index (χ4n) is 2.78. The van der Waals surface area contributed by atoms with Gasteiger partial charge >= 0.3 is 12.0 Å². The number of pyridine rings is 1. The predicted molar refractivity (Wildman–Crippen MR) is 127 cm³/mol. The number of aryl methyl sites for hydroxylation is 3. The molecule has 0 saturated carbocycles. The van der Waals surface area contributed by atoms with Crippen LogP contribution in [0.3, 0.4) is 0 Å². The molecule has 0 radical (unpaired) electrons. The van der Waals surface area contributed by atoms with E-state index in [-0.39, 0.29) is 12.0 Å². The van der Waals surface area contributed by atoms with Gasteiger partial charge in [-0.1, -0.05) is 57.2 Å². The van der Waals surface area contributed by atoms with Crippen molar-refractivity contribution in [2.45, 2.75) is 41.0 Å². The van der Waals surface area contributed by atoms with E-state index in [1.54, 1.807) is 18.5 Å². The predicted octanol–water partition coefficient (Wildman–Crippen LogP) is 5.31. The minimum atomic E-state index is -0.745. The fourth-order valence-corrected chi connectivity index (χ4v) is 2.78. The van der Waals surface area contributed by atoms with Crippen LogP contribution >= 0.6 is 0 Å². The lowest BCUT2D eigenvalue weighted by Gasteiger charge is -2.14. The molecule has 3 rings (SSSR count). The number of aromatic nitrogens is 1. The quantitative estimate of drug-likeness (QED) is 0.529. The van der Waals surface area contributed by atoms with E-state index >= 15 is 0 Å². The second-order valence-electron chi connectivity index (χ2n) is 6.52. The standard InChI is InChI=1S/C19H19N3O2.C3H6O2.C2H6/c1-12-8-4-6-10-15(12)20-19(24)21-17-13(2)14-9-5-7-11-16(14)22(3)18(17)23;1-2-3(4)5;1-2/h4-11H,1-3H3,(H2,20,21,24);2H2,1H3,(H,4,5);1-2H3. The van der Waals surface area contributed by atoms with Gasteiger partial charge in [-0.25, -0.2) is 4.79 Å². The lowest BCUT2D eigenvalue weighted by atomic mass is 10.1. The summed E-state index contributed by atoms with van der Waals surface area (Å²) in [5.41, 5.74) is 3.33. The van der Waals surface area contributed by atoms with Crippen molar-refractivity contribution >= 4 is 34.3 Å². The molecule has 0 saturated heterocycles. The SMILES string of the molecule is CC.CCC(=O)O.Cc1ccccc1NC(=O)Nc1c(C)c2ccccc2n(C)c1=O. The second kappa shape index (κ2) is 12.2. The minimum Gasteiger partial charge on any atom is -0.481 e. The largest absolute Gasteiger partial charge is 0.481 e. The molecule has 7 nitrogen and oxygen atoms in total. The summed E-state index contributed by atoms with van der Waals surface area (Å²) in [5, 5.41) is 14.1. The summed E-state index contributed by atoms with van der Waals surface area (Å²) in [6.07, 6.45) is 0.222. The zero-order chi connectivity index (χ0) is 23.6. The van der Waals surface area contributed by atoms with E-state index in [0.29, 0.717) is 11.4 Å². The van der Waals surface area contributed by atoms with Gasteiger partial charge in [-0.3, -0.25) is 9.59 Å². The van der Waals surface area contributed by atoms with Crippen LogP contribution in [0.2, 0.25) is 0 Å². The lowest BCUT2D eigenvalue weighted by molar-refractivity contribution is -0.136. The molecule has 0 unspecified atom stereocenters. The Morgan fingerprint density at radius 2 is 1.52 bits per heavy atom. The number of hydrogen-bond acceptors (Lipinski definition) is 3. The van der Waals surface area contributed by atoms with Crippen molar-refractivity contribution in [3.8, 4) is 0 Å². The number of anilines is 2. The topological polar surface area (TPSA) is 100 Å². The van der Waals surface area contributed by atoms with Crippen LogP contribution in [-0.2, 0) is 11.8 Å². The first-order valence-corrected chi connectivity index (χ1v) is 10.2. The number of amides is 2. The summed E-state index contributed by atoms with van der Waals surface area (Å²) in [6.45, 7) is 9.35. The summed E-state index contributed by atoms with van der Waals surface area (Å²) in [6, 6.07) is 14.7. The van der Waals surface area contributed by atoms with Crippen molar-refractivity contribution in [3.05, 3.63) is 70.0 Å². The van der Waals surface area contributed by atoms with E-state index in [2.05, 4.69) is 10.6 Å². The molecule has 2 aromatic carbocycles. The number of benzene rings is 2. The molecule has 31 heavy (non-hydrogen) atoms. The number of carbonyl (C=O) groups is 2. The van der Waals surface area contributed by atoms with Gasteiger partial charge in [0.25, 0.3) is 5.56 Å². The van der Waals surface area contributed by atoms with Gasteiger partial charge in [-0.2, -0.15) is 0 Å². The first kappa shape index (κ1) is 25.4. The van der Waals surface area contributed by atoms with Gasteiger partial charge in [0.2, 0.25) is 0 Å². The number of carboxylic acids is 1. The Kier molecular flexibility index (Phi) is 9.98. The van der Waals surface area contributed by atoms with Gasteiger partial charge in [0.1, 0.15) is 5.69 Å². The molecular weight excluding hydrogens is 394 g/mol. The third-order valence-electron chi connectivity index (χ3n) is 4.50. The molecule has 0 aliphatic rings. The Morgan fingerprint density at radius 1 is 0.968 bits per heavy atom. The third-order valence-corrected chi connectivity index (χ3v) is 4.50. The number of carboxylic acid groups (broad SMARTS) is 1. The molecule has 1 heterocycles. The first-order chi connectivity index (χ1) is 14.8. The van der Waals surface area contributed by atoms with Gasteiger partial charge in [-0.15, -0.1) is 0 Å². The van der Waals surface area contributed by atoms with Crippen LogP contribution in [0.5, 0.6) is 0 Å². The molecule has 3 aromatic rings. The highest BCUT2D eigenvalue weighted by Crippen LogP contribution is 2.22. The average Bonchev–Trinajstić information content (AvgIpc) is 2.78. The van der Waals surface area contributed by atoms with E-state index in [1.807, 2.05) is 76.2 Å². The Balaban J connectivity index is 0.000000605. The molecule has 0 bridgehead atoms. The maximum Gasteiger partial charge on any atom is 0.323 e. The maximum absolute atomic E-state index is 12.6. The highest BCUT2D eigenvalue weighted by atomic mass is 16.4. The molecular formula is C24H31N3O4. The summed E-state index contributed by atoms with van der Waals surface area (Å²) in [5.74, 6) is -0.745. The fraction of sp³-hybridized carbons (Fsp3) is 0.292. The molecule has 0 spiro atoms. The molecule has 2 amide bonds. The Bertz CT molecular complexity index is 1100. The highest BCUT2D eigenvalue weighted by Gasteiger charge is 2.14. The summed E-state index contributed by atoms with van der Waals surface area (Å²) in [4.78, 5) is 34.3. The number of nitrogens with one attached hydrogen (secondary N) is 2. The monoisotopic (exact) mass is 425 g/mol. The molecule has 3 N–H and O–H groups in total. The van der Waals surface area contributed by atoms with Gasteiger partial charge < -0.3 is 20.3 Å². The summed E-state index contributed by atoms with van der Waals surface area (Å²) >= 11 is 0. The van der Waals surface area contributed by atoms with Crippen molar-refractivity contribution in [1.82, 2.24) is 4.57 Å². The third kappa shape index (κ3) is 6.70. The van der Waals surface area contributed by atoms with E-state index in [4.69, 9.17) is 5.11 Å². The van der Waals surface area contributed by atoms with Crippen LogP contribution in [0.25, 0.3) is 10.9 Å².